The molecule has 4 rings (SSSR count). The Bertz CT molecular complexity index is 1020. The lowest BCUT2D eigenvalue weighted by atomic mass is 9.98. The normalized spacial score (nSPS) is 23.6. The van der Waals surface area contributed by atoms with Crippen LogP contribution in [0.5, 0.6) is 0 Å². The third-order valence-electron chi connectivity index (χ3n) is 6.10. The first-order valence-electron chi connectivity index (χ1n) is 10.6. The molecule has 9 nitrogen and oxygen atoms in total. The van der Waals surface area contributed by atoms with E-state index >= 15 is 0 Å². The number of hydrogen-bond acceptors (Lipinski definition) is 6. The fraction of sp³-hybridized carbons (Fsp3) is 0.391. The predicted octanol–water partition coefficient (Wildman–Crippen LogP) is 3.52. The van der Waals surface area contributed by atoms with Crippen molar-refractivity contribution in [1.29, 1.82) is 0 Å². The van der Waals surface area contributed by atoms with Crippen LogP contribution in [0.3, 0.4) is 0 Å². The number of esters is 1. The molecule has 0 radical (unpaired) electrons. The number of ether oxygens (including phenoxy) is 2. The molecule has 32 heavy (non-hydrogen) atoms. The van der Waals surface area contributed by atoms with Crippen LogP contribution in [0.15, 0.2) is 53.6 Å². The molecule has 0 heterocycles. The van der Waals surface area contributed by atoms with Gasteiger partial charge in [-0.2, -0.15) is 0 Å². The molecule has 0 bridgehead atoms. The molecule has 2 aliphatic carbocycles. The minimum atomic E-state index is -1.22. The fourth-order valence-electron chi connectivity index (χ4n) is 4.66. The van der Waals surface area contributed by atoms with Gasteiger partial charge in [0.15, 0.2) is 0 Å². The van der Waals surface area contributed by atoms with Crippen molar-refractivity contribution in [2.24, 2.45) is 11.0 Å². The molecule has 2 aliphatic rings. The number of hydrogen-bond donors (Lipinski definition) is 2. The standard InChI is InChI=1S/C23H24N4O5/c1-2-31-22(29)17-11-19(21(28)20(17)26-27-24)25-23(30)32-12-18-15-9-5-3-7-13(15)14-8-4-6-10-16(14)18/h3-10,17-21,28H,2,11-12H2,1H3,(H,25,30)/t17-,19+,20+,21+/m0/s1. The van der Waals surface area contributed by atoms with Crippen molar-refractivity contribution in [3.05, 3.63) is 70.1 Å². The molecule has 4 atom stereocenters. The van der Waals surface area contributed by atoms with Gasteiger partial charge in [0.05, 0.1) is 30.7 Å². The van der Waals surface area contributed by atoms with Crippen molar-refractivity contribution in [3.63, 3.8) is 0 Å². The molecule has 0 unspecified atom stereocenters. The zero-order valence-electron chi connectivity index (χ0n) is 17.5. The van der Waals surface area contributed by atoms with E-state index in [-0.39, 0.29) is 25.6 Å². The zero-order chi connectivity index (χ0) is 22.7. The number of nitrogens with zero attached hydrogens (tertiary/aromatic N) is 3. The number of nitrogens with one attached hydrogen (secondary N) is 1. The average Bonchev–Trinajstić information content (AvgIpc) is 3.28. The van der Waals surface area contributed by atoms with Crippen LogP contribution in [0, 0.1) is 5.92 Å². The number of azide groups is 1. The Morgan fingerprint density at radius 2 is 1.75 bits per heavy atom. The van der Waals surface area contributed by atoms with Crippen LogP contribution >= 0.6 is 0 Å². The van der Waals surface area contributed by atoms with Crippen LogP contribution in [-0.2, 0) is 14.3 Å². The van der Waals surface area contributed by atoms with Crippen molar-refractivity contribution in [1.82, 2.24) is 5.32 Å². The van der Waals surface area contributed by atoms with Gasteiger partial charge in [-0.05, 0) is 41.1 Å². The molecule has 2 aromatic rings. The highest BCUT2D eigenvalue weighted by Gasteiger charge is 2.47. The summed E-state index contributed by atoms with van der Waals surface area (Å²) < 4.78 is 10.5. The summed E-state index contributed by atoms with van der Waals surface area (Å²) in [6.45, 7) is 1.96. The van der Waals surface area contributed by atoms with Crippen LogP contribution in [-0.4, -0.2) is 48.6 Å². The number of aliphatic hydroxyl groups excluding tert-OH is 1. The number of alkyl carbamates (subject to hydrolysis) is 1. The van der Waals surface area contributed by atoms with E-state index in [0.717, 1.165) is 22.3 Å². The highest BCUT2D eigenvalue weighted by molar-refractivity contribution is 5.79. The van der Waals surface area contributed by atoms with E-state index in [0.29, 0.717) is 0 Å². The third kappa shape index (κ3) is 4.00. The van der Waals surface area contributed by atoms with Gasteiger partial charge in [-0.3, -0.25) is 4.79 Å². The van der Waals surface area contributed by atoms with Gasteiger partial charge in [0.2, 0.25) is 0 Å². The topological polar surface area (TPSA) is 134 Å². The lowest BCUT2D eigenvalue weighted by Gasteiger charge is -2.19. The lowest BCUT2D eigenvalue weighted by molar-refractivity contribution is -0.148. The van der Waals surface area contributed by atoms with Gasteiger partial charge in [0, 0.05) is 10.8 Å². The number of rotatable bonds is 6. The molecule has 2 N–H and O–H groups in total. The Hall–Kier alpha value is -3.55. The number of carbonyl (C=O) groups excluding carboxylic acids is 2. The average molecular weight is 436 g/mol. The van der Waals surface area contributed by atoms with E-state index in [9.17, 15) is 14.7 Å². The van der Waals surface area contributed by atoms with Gasteiger partial charge >= 0.3 is 12.1 Å². The van der Waals surface area contributed by atoms with E-state index < -0.39 is 36.2 Å². The Labute approximate surface area is 185 Å². The number of amides is 1. The molecular weight excluding hydrogens is 412 g/mol. The maximum atomic E-state index is 12.5. The molecular formula is C23H24N4O5. The third-order valence-corrected chi connectivity index (χ3v) is 6.10. The smallest absolute Gasteiger partial charge is 0.407 e. The summed E-state index contributed by atoms with van der Waals surface area (Å²) in [6, 6.07) is 14.2. The van der Waals surface area contributed by atoms with Gasteiger partial charge in [-0.25, -0.2) is 4.79 Å². The number of fused-ring (bicyclic) bond motifs is 3. The second-order valence-corrected chi connectivity index (χ2v) is 7.86. The van der Waals surface area contributed by atoms with E-state index in [1.165, 1.54) is 0 Å². The van der Waals surface area contributed by atoms with Gasteiger partial charge < -0.3 is 19.9 Å². The summed E-state index contributed by atoms with van der Waals surface area (Å²) in [7, 11) is 0. The summed E-state index contributed by atoms with van der Waals surface area (Å²) in [6.07, 6.45) is -1.84. The summed E-state index contributed by atoms with van der Waals surface area (Å²) in [4.78, 5) is 27.4. The summed E-state index contributed by atoms with van der Waals surface area (Å²) >= 11 is 0. The zero-order valence-corrected chi connectivity index (χ0v) is 17.5. The molecule has 166 valence electrons. The van der Waals surface area contributed by atoms with Crippen molar-refractivity contribution in [3.8, 4) is 11.1 Å². The van der Waals surface area contributed by atoms with Crippen molar-refractivity contribution in [2.45, 2.75) is 37.5 Å². The summed E-state index contributed by atoms with van der Waals surface area (Å²) in [5, 5.41) is 16.7. The van der Waals surface area contributed by atoms with Gasteiger partial charge in [0.1, 0.15) is 6.61 Å². The van der Waals surface area contributed by atoms with Crippen molar-refractivity contribution < 1.29 is 24.2 Å². The number of benzene rings is 2. The molecule has 2 aromatic carbocycles. The molecule has 1 saturated carbocycles. The van der Waals surface area contributed by atoms with E-state index in [4.69, 9.17) is 15.0 Å². The molecule has 9 heteroatoms. The number of aliphatic hydroxyl groups is 1. The molecule has 0 spiro atoms. The van der Waals surface area contributed by atoms with Crippen molar-refractivity contribution in [2.75, 3.05) is 13.2 Å². The van der Waals surface area contributed by atoms with Gasteiger partial charge in [0.25, 0.3) is 0 Å². The first-order valence-corrected chi connectivity index (χ1v) is 10.6. The molecule has 1 amide bonds. The first-order chi connectivity index (χ1) is 15.5. The number of carbonyl (C=O) groups is 2. The van der Waals surface area contributed by atoms with Crippen LogP contribution in [0.1, 0.15) is 30.4 Å². The molecule has 0 saturated heterocycles. The Morgan fingerprint density at radius 1 is 1.12 bits per heavy atom. The van der Waals surface area contributed by atoms with Gasteiger partial charge in [-0.1, -0.05) is 53.6 Å². The van der Waals surface area contributed by atoms with Gasteiger partial charge in [-0.15, -0.1) is 0 Å². The Balaban J connectivity index is 1.42. The summed E-state index contributed by atoms with van der Waals surface area (Å²) in [5.41, 5.74) is 13.2. The first kappa shape index (κ1) is 21.7. The lowest BCUT2D eigenvalue weighted by Crippen LogP contribution is -2.43. The maximum Gasteiger partial charge on any atom is 0.407 e. The van der Waals surface area contributed by atoms with Crippen LogP contribution in [0.25, 0.3) is 21.6 Å². The van der Waals surface area contributed by atoms with Crippen LogP contribution < -0.4 is 5.32 Å². The summed E-state index contributed by atoms with van der Waals surface area (Å²) in [5.74, 6) is -1.50. The predicted molar refractivity (Wildman–Crippen MR) is 116 cm³/mol. The largest absolute Gasteiger partial charge is 0.466 e. The Kier molecular flexibility index (Phi) is 6.30. The maximum absolute atomic E-state index is 12.5. The highest BCUT2D eigenvalue weighted by atomic mass is 16.5. The fourth-order valence-corrected chi connectivity index (χ4v) is 4.66. The van der Waals surface area contributed by atoms with Crippen molar-refractivity contribution >= 4 is 12.1 Å². The molecule has 1 fully saturated rings. The minimum absolute atomic E-state index is 0.0912. The van der Waals surface area contributed by atoms with Crippen LogP contribution in [0.4, 0.5) is 4.79 Å². The second-order valence-electron chi connectivity index (χ2n) is 7.86. The van der Waals surface area contributed by atoms with E-state index in [1.54, 1.807) is 6.92 Å². The Morgan fingerprint density at radius 3 is 2.34 bits per heavy atom. The van der Waals surface area contributed by atoms with Crippen LogP contribution in [0.2, 0.25) is 0 Å². The quantitative estimate of drug-likeness (QED) is 0.309. The monoisotopic (exact) mass is 436 g/mol. The molecule has 0 aliphatic heterocycles. The minimum Gasteiger partial charge on any atom is -0.466 e. The SMILES string of the molecule is CCOC(=O)[C@H]1C[C@@H](NC(=O)OCC2c3ccccc3-c3ccccc32)[C@@H](O)[C@@H]1N=[N+]=[N-]. The van der Waals surface area contributed by atoms with E-state index in [1.807, 2.05) is 36.4 Å². The highest BCUT2D eigenvalue weighted by Crippen LogP contribution is 2.44. The van der Waals surface area contributed by atoms with E-state index in [2.05, 4.69) is 27.5 Å². The molecule has 0 aromatic heterocycles. The second kappa shape index (κ2) is 9.30.